The Balaban J connectivity index is 2.23. The summed E-state index contributed by atoms with van der Waals surface area (Å²) in [7, 11) is 0. The van der Waals surface area contributed by atoms with Gasteiger partial charge in [0.2, 0.25) is 0 Å². The number of nitrogens with zero attached hydrogens (tertiary/aromatic N) is 1. The van der Waals surface area contributed by atoms with Gasteiger partial charge in [0.1, 0.15) is 0 Å². The van der Waals surface area contributed by atoms with E-state index in [-0.39, 0.29) is 0 Å². The summed E-state index contributed by atoms with van der Waals surface area (Å²) in [6, 6.07) is 0. The smallest absolute Gasteiger partial charge is 0.0227 e. The molecule has 0 radical (unpaired) electrons. The van der Waals surface area contributed by atoms with E-state index in [4.69, 9.17) is 0 Å². The SMILES string of the molecule is C=CC(=C)CN1CCCC1. The second-order valence-corrected chi connectivity index (χ2v) is 2.85. The average molecular weight is 137 g/mol. The van der Waals surface area contributed by atoms with Crippen molar-refractivity contribution in [1.82, 2.24) is 4.90 Å². The predicted octanol–water partition coefficient (Wildman–Crippen LogP) is 1.82. The van der Waals surface area contributed by atoms with Crippen molar-refractivity contribution in [1.29, 1.82) is 0 Å². The fourth-order valence-electron chi connectivity index (χ4n) is 1.29. The van der Waals surface area contributed by atoms with Gasteiger partial charge in [-0.05, 0) is 31.5 Å². The van der Waals surface area contributed by atoms with Crippen LogP contribution in [0.1, 0.15) is 12.8 Å². The Morgan fingerprint density at radius 1 is 1.40 bits per heavy atom. The lowest BCUT2D eigenvalue weighted by Gasteiger charge is -2.13. The molecule has 1 heterocycles. The maximum absolute atomic E-state index is 3.88. The van der Waals surface area contributed by atoms with E-state index >= 15 is 0 Å². The van der Waals surface area contributed by atoms with Gasteiger partial charge < -0.3 is 0 Å². The summed E-state index contributed by atoms with van der Waals surface area (Å²) < 4.78 is 0. The zero-order valence-corrected chi connectivity index (χ0v) is 6.47. The lowest BCUT2D eigenvalue weighted by atomic mass is 10.3. The van der Waals surface area contributed by atoms with E-state index < -0.39 is 0 Å². The first kappa shape index (κ1) is 7.55. The van der Waals surface area contributed by atoms with Gasteiger partial charge in [0.15, 0.2) is 0 Å². The molecule has 0 unspecified atom stereocenters. The van der Waals surface area contributed by atoms with Crippen molar-refractivity contribution in [3.8, 4) is 0 Å². The normalized spacial score (nSPS) is 19.2. The fraction of sp³-hybridized carbons (Fsp3) is 0.556. The molecule has 0 amide bonds. The largest absolute Gasteiger partial charge is 0.299 e. The van der Waals surface area contributed by atoms with Crippen molar-refractivity contribution < 1.29 is 0 Å². The molecule has 0 atom stereocenters. The molecule has 1 heteroatoms. The Hall–Kier alpha value is -0.560. The summed E-state index contributed by atoms with van der Waals surface area (Å²) in [5.74, 6) is 0. The first-order valence-electron chi connectivity index (χ1n) is 3.85. The zero-order valence-electron chi connectivity index (χ0n) is 6.47. The molecule has 0 aromatic carbocycles. The van der Waals surface area contributed by atoms with Crippen LogP contribution in [0, 0.1) is 0 Å². The van der Waals surface area contributed by atoms with E-state index in [9.17, 15) is 0 Å². The average Bonchev–Trinajstić information content (AvgIpc) is 2.40. The van der Waals surface area contributed by atoms with Crippen molar-refractivity contribution in [3.63, 3.8) is 0 Å². The third kappa shape index (κ3) is 1.99. The van der Waals surface area contributed by atoms with E-state index in [2.05, 4.69) is 18.1 Å². The summed E-state index contributed by atoms with van der Waals surface area (Å²) in [6.45, 7) is 11.1. The van der Waals surface area contributed by atoms with E-state index in [0.29, 0.717) is 0 Å². The summed E-state index contributed by atoms with van der Waals surface area (Å²) in [4.78, 5) is 2.42. The van der Waals surface area contributed by atoms with E-state index in [0.717, 1.165) is 12.1 Å². The predicted molar refractivity (Wildman–Crippen MR) is 45.0 cm³/mol. The number of likely N-dealkylation sites (tertiary alicyclic amines) is 1. The van der Waals surface area contributed by atoms with Crippen LogP contribution in [0.25, 0.3) is 0 Å². The fourth-order valence-corrected chi connectivity index (χ4v) is 1.29. The van der Waals surface area contributed by atoms with Crippen molar-refractivity contribution >= 4 is 0 Å². The highest BCUT2D eigenvalue weighted by atomic mass is 15.1. The van der Waals surface area contributed by atoms with Gasteiger partial charge in [-0.1, -0.05) is 19.2 Å². The van der Waals surface area contributed by atoms with Gasteiger partial charge in [-0.2, -0.15) is 0 Å². The monoisotopic (exact) mass is 137 g/mol. The molecule has 0 N–H and O–H groups in total. The van der Waals surface area contributed by atoms with Crippen molar-refractivity contribution in [2.45, 2.75) is 12.8 Å². The third-order valence-corrected chi connectivity index (χ3v) is 1.91. The molecule has 1 aliphatic heterocycles. The minimum Gasteiger partial charge on any atom is -0.299 e. The summed E-state index contributed by atoms with van der Waals surface area (Å²) >= 11 is 0. The van der Waals surface area contributed by atoms with Crippen LogP contribution in [0.3, 0.4) is 0 Å². The molecule has 1 nitrogen and oxygen atoms in total. The molecule has 0 aromatic rings. The lowest BCUT2D eigenvalue weighted by Crippen LogP contribution is -2.20. The van der Waals surface area contributed by atoms with Crippen molar-refractivity contribution in [2.24, 2.45) is 0 Å². The van der Waals surface area contributed by atoms with Crippen LogP contribution in [0.2, 0.25) is 0 Å². The zero-order chi connectivity index (χ0) is 7.40. The second-order valence-electron chi connectivity index (χ2n) is 2.85. The van der Waals surface area contributed by atoms with Gasteiger partial charge in [0.25, 0.3) is 0 Å². The highest BCUT2D eigenvalue weighted by Crippen LogP contribution is 2.08. The number of rotatable bonds is 3. The van der Waals surface area contributed by atoms with E-state index in [1.165, 1.54) is 25.9 Å². The molecule has 1 aliphatic rings. The van der Waals surface area contributed by atoms with Crippen LogP contribution in [-0.2, 0) is 0 Å². The quantitative estimate of drug-likeness (QED) is 0.536. The Bertz CT molecular complexity index is 132. The maximum atomic E-state index is 3.88. The molecule has 0 aromatic heterocycles. The number of hydrogen-bond donors (Lipinski definition) is 0. The van der Waals surface area contributed by atoms with Crippen LogP contribution >= 0.6 is 0 Å². The van der Waals surface area contributed by atoms with Crippen molar-refractivity contribution in [3.05, 3.63) is 24.8 Å². The number of hydrogen-bond acceptors (Lipinski definition) is 1. The molecule has 0 aliphatic carbocycles. The molecule has 0 bridgehead atoms. The first-order chi connectivity index (χ1) is 4.83. The topological polar surface area (TPSA) is 3.24 Å². The molecular formula is C9H15N. The molecule has 10 heavy (non-hydrogen) atoms. The van der Waals surface area contributed by atoms with Gasteiger partial charge in [-0.25, -0.2) is 0 Å². The van der Waals surface area contributed by atoms with Crippen LogP contribution < -0.4 is 0 Å². The van der Waals surface area contributed by atoms with Crippen LogP contribution in [-0.4, -0.2) is 24.5 Å². The molecule has 0 saturated carbocycles. The van der Waals surface area contributed by atoms with Gasteiger partial charge in [0, 0.05) is 6.54 Å². The lowest BCUT2D eigenvalue weighted by molar-refractivity contribution is 0.372. The van der Waals surface area contributed by atoms with Crippen LogP contribution in [0.4, 0.5) is 0 Å². The minimum absolute atomic E-state index is 1.02. The summed E-state index contributed by atoms with van der Waals surface area (Å²) in [5, 5.41) is 0. The minimum atomic E-state index is 1.02. The Morgan fingerprint density at radius 3 is 2.50 bits per heavy atom. The maximum Gasteiger partial charge on any atom is 0.0227 e. The third-order valence-electron chi connectivity index (χ3n) is 1.91. The molecule has 1 rings (SSSR count). The second kappa shape index (κ2) is 3.57. The molecular weight excluding hydrogens is 122 g/mol. The van der Waals surface area contributed by atoms with Crippen LogP contribution in [0.15, 0.2) is 24.8 Å². The highest BCUT2D eigenvalue weighted by Gasteiger charge is 2.10. The van der Waals surface area contributed by atoms with Gasteiger partial charge >= 0.3 is 0 Å². The molecule has 1 fully saturated rings. The van der Waals surface area contributed by atoms with Gasteiger partial charge in [-0.3, -0.25) is 4.90 Å². The Labute approximate surface area is 63.0 Å². The first-order valence-corrected chi connectivity index (χ1v) is 3.85. The van der Waals surface area contributed by atoms with Gasteiger partial charge in [-0.15, -0.1) is 0 Å². The molecule has 0 spiro atoms. The van der Waals surface area contributed by atoms with Gasteiger partial charge in [0.05, 0.1) is 0 Å². The Kier molecular flexibility index (Phi) is 2.69. The van der Waals surface area contributed by atoms with E-state index in [1.54, 1.807) is 0 Å². The Morgan fingerprint density at radius 2 is 2.00 bits per heavy atom. The van der Waals surface area contributed by atoms with E-state index in [1.807, 2.05) is 6.08 Å². The summed E-state index contributed by atoms with van der Waals surface area (Å²) in [5.41, 5.74) is 1.14. The highest BCUT2D eigenvalue weighted by molar-refractivity contribution is 5.12. The molecule has 1 saturated heterocycles. The summed E-state index contributed by atoms with van der Waals surface area (Å²) in [6.07, 6.45) is 4.55. The van der Waals surface area contributed by atoms with Crippen molar-refractivity contribution in [2.75, 3.05) is 19.6 Å². The standard InChI is InChI=1S/C9H15N/c1-3-9(2)8-10-6-4-5-7-10/h3H,1-2,4-8H2. The van der Waals surface area contributed by atoms with Crippen LogP contribution in [0.5, 0.6) is 0 Å². The molecule has 56 valence electrons.